The maximum absolute atomic E-state index is 7.22. The average molecular weight is 760 g/mol. The summed E-state index contributed by atoms with van der Waals surface area (Å²) in [7, 11) is 0. The molecule has 0 fully saturated rings. The molecule has 0 bridgehead atoms. The van der Waals surface area contributed by atoms with Crippen molar-refractivity contribution in [2.75, 3.05) is 0 Å². The van der Waals surface area contributed by atoms with Gasteiger partial charge in [0.1, 0.15) is 22.8 Å². The number of furan rings is 1. The molecule has 12 rings (SSSR count). The van der Waals surface area contributed by atoms with Crippen LogP contribution in [0.25, 0.3) is 44.2 Å². The summed E-state index contributed by atoms with van der Waals surface area (Å²) in [5.41, 5.74) is 16.4. The van der Waals surface area contributed by atoms with Gasteiger partial charge in [-0.3, -0.25) is 0 Å². The minimum absolute atomic E-state index is 0.0109. The van der Waals surface area contributed by atoms with E-state index in [0.29, 0.717) is 11.8 Å². The van der Waals surface area contributed by atoms with Crippen LogP contribution in [-0.2, 0) is 5.41 Å². The summed E-state index contributed by atoms with van der Waals surface area (Å²) in [6.07, 6.45) is 8.86. The van der Waals surface area contributed by atoms with Crippen LogP contribution in [0.4, 0.5) is 0 Å². The molecule has 4 atom stereocenters. The van der Waals surface area contributed by atoms with E-state index < -0.39 is 6.17 Å². The van der Waals surface area contributed by atoms with E-state index in [-0.39, 0.29) is 11.3 Å². The molecule has 0 spiro atoms. The molecule has 1 N–H and O–H groups in total. The molecule has 3 aliphatic carbocycles. The maximum atomic E-state index is 7.22. The van der Waals surface area contributed by atoms with Crippen molar-refractivity contribution in [2.24, 2.45) is 15.9 Å². The zero-order chi connectivity index (χ0) is 39.2. The zero-order valence-corrected chi connectivity index (χ0v) is 32.9. The first kappa shape index (κ1) is 34.0. The van der Waals surface area contributed by atoms with Crippen molar-refractivity contribution >= 4 is 33.6 Å². The van der Waals surface area contributed by atoms with Gasteiger partial charge in [-0.25, -0.2) is 9.98 Å². The number of hydrogen-bond donors (Lipinski definition) is 1. The first-order chi connectivity index (χ1) is 29.0. The third kappa shape index (κ3) is 5.22. The fraction of sp³-hybridized carbons (Fsp3) is 0.127. The van der Waals surface area contributed by atoms with Gasteiger partial charge >= 0.3 is 0 Å². The SMILES string of the molecule is CC1(C)c2cc3c(cc2C2C=CC=CC21)-c1ccccc1C3c1cccc2c1oc1cc(-c3ccccc3)cc(C3=NC(c4ccccc4)N=C(c4ccccc4)N3)c12. The Hall–Kier alpha value is -7.04. The number of nitrogens with zero attached hydrogens (tertiary/aromatic N) is 2. The van der Waals surface area contributed by atoms with Crippen molar-refractivity contribution in [3.05, 3.63) is 227 Å². The second kappa shape index (κ2) is 13.0. The predicted octanol–water partition coefficient (Wildman–Crippen LogP) is 13.0. The van der Waals surface area contributed by atoms with Crippen LogP contribution in [0.15, 0.2) is 196 Å². The monoisotopic (exact) mass is 759 g/mol. The van der Waals surface area contributed by atoms with Crippen molar-refractivity contribution in [3.63, 3.8) is 0 Å². The first-order valence-corrected chi connectivity index (χ1v) is 20.7. The maximum Gasteiger partial charge on any atom is 0.169 e. The predicted molar refractivity (Wildman–Crippen MR) is 241 cm³/mol. The molecule has 59 heavy (non-hydrogen) atoms. The molecule has 4 aliphatic rings. The molecular weight excluding hydrogens is 719 g/mol. The zero-order valence-electron chi connectivity index (χ0n) is 32.9. The van der Waals surface area contributed by atoms with E-state index in [0.717, 1.165) is 61.4 Å². The van der Waals surface area contributed by atoms with Gasteiger partial charge in [0, 0.05) is 39.3 Å². The van der Waals surface area contributed by atoms with Gasteiger partial charge in [0.2, 0.25) is 0 Å². The van der Waals surface area contributed by atoms with Crippen molar-refractivity contribution in [1.29, 1.82) is 0 Å². The van der Waals surface area contributed by atoms with Gasteiger partial charge in [-0.15, -0.1) is 0 Å². The standard InChI is InChI=1S/C55H41N3O/c1-55(2)46-28-15-14-24-38(46)43-31-42-37-23-12-13-25-39(37)49(44(42)32-47(43)55)40-26-16-27-41-50-45(29-36(30-48(50)59-51(40)41)33-17-6-3-7-18-33)54-57-52(34-19-8-4-9-20-34)56-53(58-54)35-21-10-5-11-22-35/h3-32,38,46,49,52H,1-2H3,(H,56,57,58). The van der Waals surface area contributed by atoms with Gasteiger partial charge in [0.05, 0.1) is 0 Å². The van der Waals surface area contributed by atoms with Crippen LogP contribution in [0, 0.1) is 5.92 Å². The molecule has 8 aromatic rings. The highest BCUT2D eigenvalue weighted by atomic mass is 16.3. The highest BCUT2D eigenvalue weighted by Crippen LogP contribution is 2.58. The molecule has 0 amide bonds. The number of hydrogen-bond acceptors (Lipinski definition) is 4. The van der Waals surface area contributed by atoms with Crippen molar-refractivity contribution in [3.8, 4) is 22.3 Å². The first-order valence-electron chi connectivity index (χ1n) is 20.7. The van der Waals surface area contributed by atoms with Gasteiger partial charge in [-0.2, -0.15) is 0 Å². The highest BCUT2D eigenvalue weighted by Gasteiger charge is 2.46. The van der Waals surface area contributed by atoms with Crippen LogP contribution >= 0.6 is 0 Å². The minimum Gasteiger partial charge on any atom is -0.456 e. The molecule has 7 aromatic carbocycles. The summed E-state index contributed by atoms with van der Waals surface area (Å²) >= 11 is 0. The number of fused-ring (bicyclic) bond motifs is 9. The summed E-state index contributed by atoms with van der Waals surface area (Å²) in [5, 5.41) is 5.82. The van der Waals surface area contributed by atoms with E-state index in [2.05, 4.69) is 189 Å². The molecule has 2 heterocycles. The van der Waals surface area contributed by atoms with Crippen LogP contribution in [0.2, 0.25) is 0 Å². The fourth-order valence-corrected chi connectivity index (χ4v) is 10.5. The number of amidine groups is 2. The molecule has 4 heteroatoms. The Balaban J connectivity index is 1.09. The Kier molecular flexibility index (Phi) is 7.49. The lowest BCUT2D eigenvalue weighted by Gasteiger charge is -2.29. The minimum atomic E-state index is -0.418. The molecule has 0 saturated carbocycles. The van der Waals surface area contributed by atoms with Crippen LogP contribution in [-0.4, -0.2) is 11.7 Å². The molecule has 4 unspecified atom stereocenters. The van der Waals surface area contributed by atoms with E-state index in [1.807, 2.05) is 12.1 Å². The van der Waals surface area contributed by atoms with E-state index in [1.165, 1.54) is 38.9 Å². The number of nitrogens with one attached hydrogen (secondary N) is 1. The summed E-state index contributed by atoms with van der Waals surface area (Å²) in [4.78, 5) is 10.5. The number of para-hydroxylation sites is 1. The normalized spacial score (nSPS) is 20.7. The van der Waals surface area contributed by atoms with Crippen molar-refractivity contribution < 1.29 is 4.42 Å². The second-order valence-electron chi connectivity index (χ2n) is 16.9. The Morgan fingerprint density at radius 1 is 0.542 bits per heavy atom. The molecule has 1 aromatic heterocycles. The van der Waals surface area contributed by atoms with Gasteiger partial charge in [-0.1, -0.05) is 178 Å². The summed E-state index contributed by atoms with van der Waals surface area (Å²) in [5.74, 6) is 2.41. The molecule has 282 valence electrons. The third-order valence-corrected chi connectivity index (χ3v) is 13.3. The van der Waals surface area contributed by atoms with E-state index in [1.54, 1.807) is 0 Å². The smallest absolute Gasteiger partial charge is 0.169 e. The fourth-order valence-electron chi connectivity index (χ4n) is 10.5. The summed E-state index contributed by atoms with van der Waals surface area (Å²) in [6, 6.07) is 56.5. The number of rotatable bonds is 5. The number of aliphatic imine (C=N–C) groups is 2. The average Bonchev–Trinajstić information content (AvgIpc) is 3.91. The molecule has 1 aliphatic heterocycles. The Labute approximate surface area is 344 Å². The Morgan fingerprint density at radius 2 is 1.24 bits per heavy atom. The van der Waals surface area contributed by atoms with Gasteiger partial charge in [-0.05, 0) is 79.6 Å². The van der Waals surface area contributed by atoms with E-state index >= 15 is 0 Å². The Morgan fingerprint density at radius 3 is 2.05 bits per heavy atom. The topological polar surface area (TPSA) is 49.9 Å². The van der Waals surface area contributed by atoms with Crippen LogP contribution < -0.4 is 5.32 Å². The summed E-state index contributed by atoms with van der Waals surface area (Å²) < 4.78 is 7.22. The lowest BCUT2D eigenvalue weighted by atomic mass is 9.74. The Bertz CT molecular complexity index is 3110. The summed E-state index contributed by atoms with van der Waals surface area (Å²) in [6.45, 7) is 4.85. The second-order valence-corrected chi connectivity index (χ2v) is 16.9. The molecule has 4 nitrogen and oxygen atoms in total. The molecule has 0 radical (unpaired) electrons. The highest BCUT2D eigenvalue weighted by molar-refractivity contribution is 6.24. The quantitative estimate of drug-likeness (QED) is 0.190. The van der Waals surface area contributed by atoms with Crippen molar-refractivity contribution in [1.82, 2.24) is 5.32 Å². The van der Waals surface area contributed by atoms with Crippen molar-refractivity contribution in [2.45, 2.75) is 37.3 Å². The largest absolute Gasteiger partial charge is 0.456 e. The van der Waals surface area contributed by atoms with Gasteiger partial charge < -0.3 is 9.73 Å². The van der Waals surface area contributed by atoms with Crippen LogP contribution in [0.5, 0.6) is 0 Å². The molecular formula is C55H41N3O. The third-order valence-electron chi connectivity index (χ3n) is 13.3. The number of allylic oxidation sites excluding steroid dienone is 4. The van der Waals surface area contributed by atoms with E-state index in [9.17, 15) is 0 Å². The lowest BCUT2D eigenvalue weighted by Crippen LogP contribution is -2.36. The van der Waals surface area contributed by atoms with E-state index in [4.69, 9.17) is 14.4 Å². The van der Waals surface area contributed by atoms with Crippen LogP contribution in [0.3, 0.4) is 0 Å². The molecule has 0 saturated heterocycles. The lowest BCUT2D eigenvalue weighted by molar-refractivity contribution is 0.394. The number of benzene rings is 7. The van der Waals surface area contributed by atoms with Gasteiger partial charge in [0.15, 0.2) is 6.17 Å². The van der Waals surface area contributed by atoms with Gasteiger partial charge in [0.25, 0.3) is 0 Å². The van der Waals surface area contributed by atoms with Crippen LogP contribution in [0.1, 0.15) is 76.4 Å².